The van der Waals surface area contributed by atoms with Crippen LogP contribution < -0.4 is 19.5 Å². The molecule has 0 radical (unpaired) electrons. The Morgan fingerprint density at radius 1 is 0.917 bits per heavy atom. The molecule has 0 aliphatic rings. The summed E-state index contributed by atoms with van der Waals surface area (Å²) < 4.78 is 18.0. The smallest absolute Gasteiger partial charge is 0.352 e. The highest BCUT2D eigenvalue weighted by Crippen LogP contribution is 2.29. The summed E-state index contributed by atoms with van der Waals surface area (Å²) in [7, 11) is 4.92. The third-order valence-corrected chi connectivity index (χ3v) is 6.39. The maximum absolute atomic E-state index is 12.5. The molecule has 0 unspecified atom stereocenters. The van der Waals surface area contributed by atoms with Crippen molar-refractivity contribution in [1.82, 2.24) is 9.88 Å². The summed E-state index contributed by atoms with van der Waals surface area (Å²) in [6, 6.07) is 19.5. The summed E-state index contributed by atoms with van der Waals surface area (Å²) in [6.45, 7) is 3.55. The van der Waals surface area contributed by atoms with Crippen LogP contribution in [0.4, 0.5) is 0 Å². The summed E-state index contributed by atoms with van der Waals surface area (Å²) in [4.78, 5) is 12.5. The molecule has 0 fully saturated rings. The van der Waals surface area contributed by atoms with E-state index in [4.69, 9.17) is 14.2 Å². The van der Waals surface area contributed by atoms with Crippen molar-refractivity contribution in [1.29, 1.82) is 0 Å². The lowest BCUT2D eigenvalue weighted by atomic mass is 10.1. The molecule has 1 heterocycles. The van der Waals surface area contributed by atoms with Gasteiger partial charge in [0.15, 0.2) is 0 Å². The van der Waals surface area contributed by atoms with Crippen molar-refractivity contribution in [2.45, 2.75) is 26.4 Å². The molecule has 7 heteroatoms. The number of nitrogens with zero attached hydrogens (tertiary/aromatic N) is 1. The second kappa shape index (κ2) is 11.2. The standard InChI is InChI=1S/C29H32N2O5/c1-19-5-11-24-25(17-30-14-13-21-16-23(35-3)10-12-27(21)36-4)28(29(32)33)31(26(24)15-19)18-20-6-8-22(34-2)9-7-20/h5-12,15-16,30H,13-14,17-18H2,1-4H3,(H,32,33). The molecule has 1 aromatic heterocycles. The molecule has 0 bridgehead atoms. The van der Waals surface area contributed by atoms with Gasteiger partial charge in [0.25, 0.3) is 0 Å². The molecule has 0 atom stereocenters. The molecule has 7 nitrogen and oxygen atoms in total. The highest BCUT2D eigenvalue weighted by atomic mass is 16.5. The summed E-state index contributed by atoms with van der Waals surface area (Å²) in [5, 5.41) is 14.6. The molecule has 3 aromatic carbocycles. The first-order chi connectivity index (χ1) is 17.4. The molecule has 0 aliphatic heterocycles. The average molecular weight is 489 g/mol. The minimum atomic E-state index is -0.941. The van der Waals surface area contributed by atoms with Gasteiger partial charge in [0.1, 0.15) is 22.9 Å². The van der Waals surface area contributed by atoms with Crippen molar-refractivity contribution < 1.29 is 24.1 Å². The van der Waals surface area contributed by atoms with E-state index in [2.05, 4.69) is 11.4 Å². The number of carbonyl (C=O) groups is 1. The van der Waals surface area contributed by atoms with Crippen LogP contribution in [0, 0.1) is 6.92 Å². The van der Waals surface area contributed by atoms with Crippen molar-refractivity contribution >= 4 is 16.9 Å². The Morgan fingerprint density at radius 2 is 1.64 bits per heavy atom. The van der Waals surface area contributed by atoms with Gasteiger partial charge in [-0.15, -0.1) is 0 Å². The van der Waals surface area contributed by atoms with Gasteiger partial charge in [0, 0.05) is 29.6 Å². The van der Waals surface area contributed by atoms with Crippen LogP contribution in [0.2, 0.25) is 0 Å². The van der Waals surface area contributed by atoms with Crippen LogP contribution in [-0.4, -0.2) is 43.5 Å². The van der Waals surface area contributed by atoms with Gasteiger partial charge >= 0.3 is 5.97 Å². The van der Waals surface area contributed by atoms with Crippen LogP contribution in [-0.2, 0) is 19.5 Å². The summed E-state index contributed by atoms with van der Waals surface area (Å²) >= 11 is 0. The Bertz CT molecular complexity index is 1360. The predicted molar refractivity (Wildman–Crippen MR) is 141 cm³/mol. The molecule has 188 valence electrons. The Labute approximate surface area is 211 Å². The molecular formula is C29H32N2O5. The predicted octanol–water partition coefficient (Wildman–Crippen LogP) is 5.05. The van der Waals surface area contributed by atoms with E-state index in [1.807, 2.05) is 66.1 Å². The first-order valence-electron chi connectivity index (χ1n) is 11.8. The second-order valence-electron chi connectivity index (χ2n) is 8.69. The number of benzene rings is 3. The molecule has 36 heavy (non-hydrogen) atoms. The lowest BCUT2D eigenvalue weighted by Gasteiger charge is -2.12. The van der Waals surface area contributed by atoms with Gasteiger partial charge < -0.3 is 29.2 Å². The van der Waals surface area contributed by atoms with E-state index in [1.54, 1.807) is 21.3 Å². The van der Waals surface area contributed by atoms with Gasteiger partial charge in [0.2, 0.25) is 0 Å². The normalized spacial score (nSPS) is 11.0. The lowest BCUT2D eigenvalue weighted by Crippen LogP contribution is -2.19. The molecule has 0 aliphatic carbocycles. The quantitative estimate of drug-likeness (QED) is 0.288. The molecule has 2 N–H and O–H groups in total. The minimum Gasteiger partial charge on any atom is -0.497 e. The molecule has 4 aromatic rings. The Kier molecular flexibility index (Phi) is 7.80. The van der Waals surface area contributed by atoms with E-state index < -0.39 is 5.97 Å². The number of nitrogens with one attached hydrogen (secondary N) is 1. The molecule has 0 spiro atoms. The van der Waals surface area contributed by atoms with E-state index in [9.17, 15) is 9.90 Å². The van der Waals surface area contributed by atoms with Gasteiger partial charge in [0.05, 0.1) is 21.3 Å². The minimum absolute atomic E-state index is 0.304. The highest BCUT2D eigenvalue weighted by molar-refractivity contribution is 5.98. The van der Waals surface area contributed by atoms with E-state index in [0.29, 0.717) is 31.7 Å². The molecule has 0 saturated carbocycles. The Morgan fingerprint density at radius 3 is 2.31 bits per heavy atom. The van der Waals surface area contributed by atoms with Gasteiger partial charge in [-0.3, -0.25) is 0 Å². The maximum atomic E-state index is 12.5. The van der Waals surface area contributed by atoms with Crippen molar-refractivity contribution in [3.05, 3.63) is 88.6 Å². The largest absolute Gasteiger partial charge is 0.497 e. The van der Waals surface area contributed by atoms with Crippen LogP contribution in [0.15, 0.2) is 60.7 Å². The van der Waals surface area contributed by atoms with Gasteiger partial charge in [-0.1, -0.05) is 24.3 Å². The molecule has 0 saturated heterocycles. The van der Waals surface area contributed by atoms with Crippen LogP contribution in [0.3, 0.4) is 0 Å². The number of aromatic carboxylic acids is 1. The number of aryl methyl sites for hydroxylation is 1. The number of methoxy groups -OCH3 is 3. The highest BCUT2D eigenvalue weighted by Gasteiger charge is 2.22. The summed E-state index contributed by atoms with van der Waals surface area (Å²) in [5.74, 6) is 1.40. The number of hydrogen-bond donors (Lipinski definition) is 2. The molecule has 4 rings (SSSR count). The lowest BCUT2D eigenvalue weighted by molar-refractivity contribution is 0.0684. The number of carboxylic acids is 1. The second-order valence-corrected chi connectivity index (χ2v) is 8.69. The Hall–Kier alpha value is -3.97. The van der Waals surface area contributed by atoms with Gasteiger partial charge in [-0.05, 0) is 73.0 Å². The fraction of sp³-hybridized carbons (Fsp3) is 0.276. The van der Waals surface area contributed by atoms with Crippen molar-refractivity contribution in [2.75, 3.05) is 27.9 Å². The Balaban J connectivity index is 1.61. The zero-order valence-electron chi connectivity index (χ0n) is 21.1. The first kappa shape index (κ1) is 25.1. The zero-order chi connectivity index (χ0) is 25.7. The summed E-state index contributed by atoms with van der Waals surface area (Å²) in [5.41, 5.74) is 5.11. The van der Waals surface area contributed by atoms with Crippen molar-refractivity contribution in [3.63, 3.8) is 0 Å². The monoisotopic (exact) mass is 488 g/mol. The van der Waals surface area contributed by atoms with Crippen LogP contribution in [0.5, 0.6) is 17.2 Å². The van der Waals surface area contributed by atoms with E-state index in [0.717, 1.165) is 50.4 Å². The van der Waals surface area contributed by atoms with E-state index in [-0.39, 0.29) is 0 Å². The fourth-order valence-corrected chi connectivity index (χ4v) is 4.55. The van der Waals surface area contributed by atoms with Crippen LogP contribution >= 0.6 is 0 Å². The van der Waals surface area contributed by atoms with Crippen LogP contribution in [0.25, 0.3) is 10.9 Å². The zero-order valence-corrected chi connectivity index (χ0v) is 21.1. The number of ether oxygens (including phenoxy) is 3. The third-order valence-electron chi connectivity index (χ3n) is 6.39. The van der Waals surface area contributed by atoms with Crippen molar-refractivity contribution in [2.24, 2.45) is 0 Å². The third kappa shape index (κ3) is 5.31. The number of hydrogen-bond acceptors (Lipinski definition) is 5. The molecule has 0 amide bonds. The number of carboxylic acid groups (broad SMARTS) is 1. The first-order valence-corrected chi connectivity index (χ1v) is 11.8. The number of fused-ring (bicyclic) bond motifs is 1. The van der Waals surface area contributed by atoms with Gasteiger partial charge in [-0.2, -0.15) is 0 Å². The van der Waals surface area contributed by atoms with E-state index in [1.165, 1.54) is 0 Å². The maximum Gasteiger partial charge on any atom is 0.352 e. The SMILES string of the molecule is COc1ccc(Cn2c(C(=O)O)c(CNCCc3cc(OC)ccc3OC)c3ccc(C)cc32)cc1. The molecular weight excluding hydrogens is 456 g/mol. The van der Waals surface area contributed by atoms with Gasteiger partial charge in [-0.25, -0.2) is 4.79 Å². The number of aromatic nitrogens is 1. The topological polar surface area (TPSA) is 82.0 Å². The average Bonchev–Trinajstić information content (AvgIpc) is 3.19. The number of rotatable bonds is 11. The van der Waals surface area contributed by atoms with E-state index >= 15 is 0 Å². The fourth-order valence-electron chi connectivity index (χ4n) is 4.55. The van der Waals surface area contributed by atoms with Crippen molar-refractivity contribution in [3.8, 4) is 17.2 Å². The van der Waals surface area contributed by atoms with Crippen LogP contribution in [0.1, 0.15) is 32.7 Å². The summed E-state index contributed by atoms with van der Waals surface area (Å²) in [6.07, 6.45) is 0.715.